The van der Waals surface area contributed by atoms with Crippen molar-refractivity contribution in [3.8, 4) is 0 Å². The van der Waals surface area contributed by atoms with Crippen molar-refractivity contribution in [3.05, 3.63) is 57.5 Å². The van der Waals surface area contributed by atoms with Crippen LogP contribution in [0.15, 0.2) is 30.5 Å². The van der Waals surface area contributed by atoms with Crippen LogP contribution >= 0.6 is 0 Å². The molecular formula is C15H16N4O2. The molecule has 0 aromatic carbocycles. The van der Waals surface area contributed by atoms with Gasteiger partial charge in [0.2, 0.25) is 0 Å². The molecule has 21 heavy (non-hydrogen) atoms. The van der Waals surface area contributed by atoms with Crippen LogP contribution in [-0.4, -0.2) is 21.9 Å². The Morgan fingerprint density at radius 1 is 1.43 bits per heavy atom. The number of aromatic nitrogens is 2. The average molecular weight is 284 g/mol. The molecule has 0 fully saturated rings. The van der Waals surface area contributed by atoms with E-state index in [1.54, 1.807) is 19.3 Å². The van der Waals surface area contributed by atoms with Gasteiger partial charge in [0, 0.05) is 25.2 Å². The summed E-state index contributed by atoms with van der Waals surface area (Å²) in [5.41, 5.74) is 2.99. The van der Waals surface area contributed by atoms with E-state index in [9.17, 15) is 10.1 Å². The molecule has 1 aliphatic carbocycles. The van der Waals surface area contributed by atoms with Gasteiger partial charge in [0.1, 0.15) is 5.82 Å². The summed E-state index contributed by atoms with van der Waals surface area (Å²) < 4.78 is 0. The molecule has 0 spiro atoms. The molecule has 0 radical (unpaired) electrons. The van der Waals surface area contributed by atoms with Gasteiger partial charge in [-0.05, 0) is 30.9 Å². The predicted molar refractivity (Wildman–Crippen MR) is 79.5 cm³/mol. The van der Waals surface area contributed by atoms with Crippen molar-refractivity contribution in [3.63, 3.8) is 0 Å². The minimum Gasteiger partial charge on any atom is -0.373 e. The summed E-state index contributed by atoms with van der Waals surface area (Å²) in [6.07, 6.45) is 4.74. The number of anilines is 1. The standard InChI is InChI=1S/C15H16N4O2/c1-16-14-9-11(19(20)21)8-13(18-14)12-6-2-4-10-5-3-7-17-15(10)12/h3,5,7-9,12H,2,4,6H2,1H3,(H,16,18). The first-order chi connectivity index (χ1) is 10.2. The molecule has 0 saturated carbocycles. The van der Waals surface area contributed by atoms with Gasteiger partial charge in [-0.15, -0.1) is 0 Å². The number of fused-ring (bicyclic) bond motifs is 1. The summed E-state index contributed by atoms with van der Waals surface area (Å²) in [6.45, 7) is 0. The number of aryl methyl sites for hydroxylation is 1. The van der Waals surface area contributed by atoms with Crippen molar-refractivity contribution >= 4 is 11.5 Å². The summed E-state index contributed by atoms with van der Waals surface area (Å²) in [6, 6.07) is 7.02. The van der Waals surface area contributed by atoms with Crippen molar-refractivity contribution in [1.82, 2.24) is 9.97 Å². The SMILES string of the molecule is CNc1cc([N+](=O)[O-])cc(C2CCCc3cccnc32)n1. The van der Waals surface area contributed by atoms with Crippen molar-refractivity contribution < 1.29 is 4.92 Å². The van der Waals surface area contributed by atoms with Gasteiger partial charge in [-0.2, -0.15) is 0 Å². The molecule has 6 nitrogen and oxygen atoms in total. The van der Waals surface area contributed by atoms with Gasteiger partial charge in [0.25, 0.3) is 5.69 Å². The highest BCUT2D eigenvalue weighted by atomic mass is 16.6. The largest absolute Gasteiger partial charge is 0.373 e. The van der Waals surface area contributed by atoms with E-state index in [-0.39, 0.29) is 16.5 Å². The van der Waals surface area contributed by atoms with E-state index in [1.807, 2.05) is 6.07 Å². The third kappa shape index (κ3) is 2.56. The van der Waals surface area contributed by atoms with Crippen LogP contribution in [0, 0.1) is 10.1 Å². The number of pyridine rings is 2. The molecule has 2 aromatic heterocycles. The third-order valence-electron chi connectivity index (χ3n) is 3.85. The summed E-state index contributed by atoms with van der Waals surface area (Å²) >= 11 is 0. The van der Waals surface area contributed by atoms with Crippen LogP contribution in [0.4, 0.5) is 11.5 Å². The number of nitro groups is 1. The van der Waals surface area contributed by atoms with Gasteiger partial charge in [0.05, 0.1) is 22.4 Å². The average Bonchev–Trinajstić information content (AvgIpc) is 2.53. The molecule has 2 heterocycles. The monoisotopic (exact) mass is 284 g/mol. The van der Waals surface area contributed by atoms with E-state index in [0.717, 1.165) is 25.0 Å². The first kappa shape index (κ1) is 13.5. The van der Waals surface area contributed by atoms with E-state index in [0.29, 0.717) is 11.5 Å². The molecule has 0 amide bonds. The second kappa shape index (κ2) is 5.47. The summed E-state index contributed by atoms with van der Waals surface area (Å²) in [5, 5.41) is 14.0. The molecule has 0 bridgehead atoms. The topological polar surface area (TPSA) is 81.0 Å². The molecule has 3 rings (SSSR count). The van der Waals surface area contributed by atoms with Crippen LogP contribution in [0.3, 0.4) is 0 Å². The van der Waals surface area contributed by atoms with Crippen molar-refractivity contribution in [2.75, 3.05) is 12.4 Å². The first-order valence-corrected chi connectivity index (χ1v) is 6.97. The minimum atomic E-state index is -0.381. The molecule has 2 aromatic rings. The Bertz CT molecular complexity index is 687. The van der Waals surface area contributed by atoms with Crippen molar-refractivity contribution in [2.24, 2.45) is 0 Å². The fourth-order valence-electron chi connectivity index (χ4n) is 2.85. The number of hydrogen-bond donors (Lipinski definition) is 1. The van der Waals surface area contributed by atoms with Gasteiger partial charge in [-0.3, -0.25) is 15.1 Å². The van der Waals surface area contributed by atoms with Gasteiger partial charge < -0.3 is 5.32 Å². The van der Waals surface area contributed by atoms with E-state index in [2.05, 4.69) is 21.4 Å². The number of hydrogen-bond acceptors (Lipinski definition) is 5. The van der Waals surface area contributed by atoms with Gasteiger partial charge >= 0.3 is 0 Å². The maximum Gasteiger partial charge on any atom is 0.274 e. The Hall–Kier alpha value is -2.50. The van der Waals surface area contributed by atoms with Crippen molar-refractivity contribution in [1.29, 1.82) is 0 Å². The van der Waals surface area contributed by atoms with E-state index < -0.39 is 0 Å². The summed E-state index contributed by atoms with van der Waals surface area (Å²) in [5.74, 6) is 0.546. The zero-order valence-electron chi connectivity index (χ0n) is 11.7. The first-order valence-electron chi connectivity index (χ1n) is 6.97. The van der Waals surface area contributed by atoms with E-state index in [4.69, 9.17) is 0 Å². The van der Waals surface area contributed by atoms with Crippen LogP contribution in [-0.2, 0) is 6.42 Å². The number of nitrogens with zero attached hydrogens (tertiary/aromatic N) is 3. The molecule has 0 aliphatic heterocycles. The summed E-state index contributed by atoms with van der Waals surface area (Å²) in [7, 11) is 1.71. The van der Waals surface area contributed by atoms with Crippen LogP contribution in [0.5, 0.6) is 0 Å². The second-order valence-corrected chi connectivity index (χ2v) is 5.14. The Morgan fingerprint density at radius 2 is 2.29 bits per heavy atom. The van der Waals surface area contributed by atoms with Crippen LogP contribution in [0.1, 0.15) is 35.7 Å². The molecule has 1 aliphatic rings. The number of nitrogens with one attached hydrogen (secondary N) is 1. The van der Waals surface area contributed by atoms with Gasteiger partial charge in [-0.1, -0.05) is 6.07 Å². The van der Waals surface area contributed by atoms with Gasteiger partial charge in [0.15, 0.2) is 0 Å². The molecule has 1 unspecified atom stereocenters. The lowest BCUT2D eigenvalue weighted by molar-refractivity contribution is -0.384. The minimum absolute atomic E-state index is 0.0296. The molecule has 0 saturated heterocycles. The molecule has 1 atom stereocenters. The van der Waals surface area contributed by atoms with Crippen LogP contribution in [0.25, 0.3) is 0 Å². The third-order valence-corrected chi connectivity index (χ3v) is 3.85. The molecular weight excluding hydrogens is 268 g/mol. The Morgan fingerprint density at radius 3 is 3.05 bits per heavy atom. The second-order valence-electron chi connectivity index (χ2n) is 5.14. The Labute approximate surface area is 122 Å². The summed E-state index contributed by atoms with van der Waals surface area (Å²) in [4.78, 5) is 19.7. The fraction of sp³-hybridized carbons (Fsp3) is 0.333. The lowest BCUT2D eigenvalue weighted by Gasteiger charge is -2.24. The zero-order valence-corrected chi connectivity index (χ0v) is 11.7. The lowest BCUT2D eigenvalue weighted by Crippen LogP contribution is -2.15. The normalized spacial score (nSPS) is 17.1. The fourth-order valence-corrected chi connectivity index (χ4v) is 2.85. The predicted octanol–water partition coefficient (Wildman–Crippen LogP) is 2.89. The maximum atomic E-state index is 11.1. The van der Waals surface area contributed by atoms with Crippen LogP contribution < -0.4 is 5.32 Å². The molecule has 108 valence electrons. The zero-order chi connectivity index (χ0) is 14.8. The van der Waals surface area contributed by atoms with Crippen LogP contribution in [0.2, 0.25) is 0 Å². The highest BCUT2D eigenvalue weighted by Gasteiger charge is 2.26. The highest BCUT2D eigenvalue weighted by Crippen LogP contribution is 2.36. The number of rotatable bonds is 3. The molecule has 6 heteroatoms. The smallest absolute Gasteiger partial charge is 0.274 e. The van der Waals surface area contributed by atoms with E-state index >= 15 is 0 Å². The van der Waals surface area contributed by atoms with Crippen molar-refractivity contribution in [2.45, 2.75) is 25.2 Å². The Kier molecular flexibility index (Phi) is 3.51. The Balaban J connectivity index is 2.09. The maximum absolute atomic E-state index is 11.1. The molecule has 1 N–H and O–H groups in total. The van der Waals surface area contributed by atoms with Gasteiger partial charge in [-0.25, -0.2) is 4.98 Å². The van der Waals surface area contributed by atoms with E-state index in [1.165, 1.54) is 11.6 Å². The highest BCUT2D eigenvalue weighted by molar-refractivity contribution is 5.48. The lowest BCUT2D eigenvalue weighted by atomic mass is 9.84. The quantitative estimate of drug-likeness (QED) is 0.692.